The lowest BCUT2D eigenvalue weighted by molar-refractivity contribution is 0.130. The molecule has 0 aliphatic carbocycles. The number of pyridine rings is 1. The Balaban J connectivity index is 1.88. The van der Waals surface area contributed by atoms with E-state index >= 15 is 0 Å². The van der Waals surface area contributed by atoms with Crippen LogP contribution in [0.5, 0.6) is 5.75 Å². The zero-order valence-electron chi connectivity index (χ0n) is 18.5. The van der Waals surface area contributed by atoms with Crippen LogP contribution in [0.1, 0.15) is 76.6 Å². The molecule has 0 spiro atoms. The Kier molecular flexibility index (Phi) is 7.65. The van der Waals surface area contributed by atoms with Crippen LogP contribution in [-0.2, 0) is 28.4 Å². The van der Waals surface area contributed by atoms with E-state index in [0.29, 0.717) is 5.75 Å². The van der Waals surface area contributed by atoms with Crippen molar-refractivity contribution < 1.29 is 9.84 Å². The maximum Gasteiger partial charge on any atom is 0.123 e. The molecular formula is C25H37NO2. The summed E-state index contributed by atoms with van der Waals surface area (Å²) in [5.41, 5.74) is 4.46. The Labute approximate surface area is 171 Å². The maximum atomic E-state index is 10.8. The van der Waals surface area contributed by atoms with Gasteiger partial charge in [0.15, 0.2) is 0 Å². The van der Waals surface area contributed by atoms with Crippen molar-refractivity contribution in [2.24, 2.45) is 0 Å². The van der Waals surface area contributed by atoms with Gasteiger partial charge >= 0.3 is 0 Å². The van der Waals surface area contributed by atoms with Gasteiger partial charge in [-0.05, 0) is 64.8 Å². The average Bonchev–Trinajstić information content (AvgIpc) is 2.61. The van der Waals surface area contributed by atoms with Gasteiger partial charge in [-0.1, -0.05) is 59.7 Å². The van der Waals surface area contributed by atoms with Crippen molar-refractivity contribution in [3.05, 3.63) is 58.9 Å². The van der Waals surface area contributed by atoms with Gasteiger partial charge in [0.2, 0.25) is 0 Å². The molecule has 1 heterocycles. The van der Waals surface area contributed by atoms with E-state index in [0.717, 1.165) is 50.0 Å². The Bertz CT molecular complexity index is 704. The molecule has 0 amide bonds. The summed E-state index contributed by atoms with van der Waals surface area (Å²) in [6.45, 7) is 14.5. The highest BCUT2D eigenvalue weighted by Crippen LogP contribution is 2.39. The molecule has 0 radical (unpaired) electrons. The molecule has 0 fully saturated rings. The number of benzene rings is 1. The Morgan fingerprint density at radius 3 is 1.86 bits per heavy atom. The highest BCUT2D eigenvalue weighted by molar-refractivity contribution is 5.49. The van der Waals surface area contributed by atoms with Gasteiger partial charge in [-0.3, -0.25) is 4.98 Å². The van der Waals surface area contributed by atoms with E-state index in [4.69, 9.17) is 4.74 Å². The molecular weight excluding hydrogens is 346 g/mol. The average molecular weight is 384 g/mol. The van der Waals surface area contributed by atoms with Crippen LogP contribution in [0.3, 0.4) is 0 Å². The number of phenolic OH excluding ortho intramolecular Hbond substituents is 1. The number of phenols is 1. The normalized spacial score (nSPS) is 12.4. The summed E-state index contributed by atoms with van der Waals surface area (Å²) >= 11 is 0. The summed E-state index contributed by atoms with van der Waals surface area (Å²) in [5, 5.41) is 10.8. The number of aromatic nitrogens is 1. The first-order chi connectivity index (χ1) is 13.1. The fourth-order valence-corrected chi connectivity index (χ4v) is 3.39. The second kappa shape index (κ2) is 9.56. The van der Waals surface area contributed by atoms with Crippen molar-refractivity contribution >= 4 is 0 Å². The summed E-state index contributed by atoms with van der Waals surface area (Å²) < 4.78 is 5.83. The summed E-state index contributed by atoms with van der Waals surface area (Å²) in [7, 11) is 0. The third-order valence-electron chi connectivity index (χ3n) is 5.02. The zero-order valence-corrected chi connectivity index (χ0v) is 18.5. The third kappa shape index (κ3) is 6.63. The molecule has 3 heteroatoms. The molecule has 0 aliphatic heterocycles. The number of aryl methyl sites for hydroxylation is 2. The summed E-state index contributed by atoms with van der Waals surface area (Å²) in [6.07, 6.45) is 7.71. The van der Waals surface area contributed by atoms with Crippen molar-refractivity contribution in [1.29, 1.82) is 0 Å². The minimum absolute atomic E-state index is 0.0805. The molecule has 3 nitrogen and oxygen atoms in total. The third-order valence-corrected chi connectivity index (χ3v) is 5.02. The smallest absolute Gasteiger partial charge is 0.123 e. The van der Waals surface area contributed by atoms with Crippen molar-refractivity contribution in [3.8, 4) is 5.75 Å². The van der Waals surface area contributed by atoms with Gasteiger partial charge in [0.05, 0.1) is 0 Å². The van der Waals surface area contributed by atoms with E-state index in [1.54, 1.807) is 6.20 Å². The predicted octanol–water partition coefficient (Wildman–Crippen LogP) is 5.96. The van der Waals surface area contributed by atoms with Gasteiger partial charge in [0.1, 0.15) is 5.75 Å². The van der Waals surface area contributed by atoms with E-state index in [1.807, 2.05) is 12.3 Å². The summed E-state index contributed by atoms with van der Waals surface area (Å²) in [6, 6.07) is 8.43. The molecule has 0 bridgehead atoms. The first-order valence-corrected chi connectivity index (χ1v) is 10.4. The van der Waals surface area contributed by atoms with Crippen molar-refractivity contribution in [3.63, 3.8) is 0 Å². The van der Waals surface area contributed by atoms with Crippen LogP contribution in [-0.4, -0.2) is 23.3 Å². The van der Waals surface area contributed by atoms with Crippen molar-refractivity contribution in [1.82, 2.24) is 4.98 Å². The van der Waals surface area contributed by atoms with E-state index in [1.165, 1.54) is 11.1 Å². The zero-order chi connectivity index (χ0) is 20.8. The molecule has 0 unspecified atom stereocenters. The minimum Gasteiger partial charge on any atom is -0.507 e. The summed E-state index contributed by atoms with van der Waals surface area (Å²) in [5.74, 6) is 0.454. The number of hydrogen-bond donors (Lipinski definition) is 1. The van der Waals surface area contributed by atoms with E-state index < -0.39 is 0 Å². The number of aromatic hydroxyl groups is 1. The first kappa shape index (κ1) is 22.4. The lowest BCUT2D eigenvalue weighted by Crippen LogP contribution is -2.18. The van der Waals surface area contributed by atoms with Gasteiger partial charge in [-0.2, -0.15) is 0 Å². The standard InChI is InChI=1S/C25H37NO2/c1-24(2,3)21-16-20(17-22(23(21)27)25(4,5)6)12-9-15-28-14-8-11-19-10-7-13-26-18-19/h7,10,13,16-18,27H,8-9,11-12,14-15H2,1-6H3. The van der Waals surface area contributed by atoms with Gasteiger partial charge in [0, 0.05) is 25.6 Å². The molecule has 0 saturated carbocycles. The number of nitrogens with zero attached hydrogens (tertiary/aromatic N) is 1. The van der Waals surface area contributed by atoms with E-state index in [-0.39, 0.29) is 10.8 Å². The molecule has 28 heavy (non-hydrogen) atoms. The summed E-state index contributed by atoms with van der Waals surface area (Å²) in [4.78, 5) is 4.14. The quantitative estimate of drug-likeness (QED) is 0.572. The van der Waals surface area contributed by atoms with Crippen LogP contribution in [0.15, 0.2) is 36.7 Å². The van der Waals surface area contributed by atoms with Crippen LogP contribution in [0, 0.1) is 0 Å². The predicted molar refractivity (Wildman–Crippen MR) is 117 cm³/mol. The van der Waals surface area contributed by atoms with Gasteiger partial charge < -0.3 is 9.84 Å². The minimum atomic E-state index is -0.0805. The largest absolute Gasteiger partial charge is 0.507 e. The van der Waals surface area contributed by atoms with Crippen LogP contribution < -0.4 is 0 Å². The monoisotopic (exact) mass is 383 g/mol. The molecule has 154 valence electrons. The Hall–Kier alpha value is -1.87. The molecule has 1 N–H and O–H groups in total. The van der Waals surface area contributed by atoms with Crippen LogP contribution in [0.4, 0.5) is 0 Å². The fraction of sp³-hybridized carbons (Fsp3) is 0.560. The number of hydrogen-bond acceptors (Lipinski definition) is 3. The van der Waals surface area contributed by atoms with E-state index in [9.17, 15) is 5.11 Å². The van der Waals surface area contributed by atoms with Crippen LogP contribution in [0.25, 0.3) is 0 Å². The molecule has 1 aromatic carbocycles. The topological polar surface area (TPSA) is 42.4 Å². The highest BCUT2D eigenvalue weighted by Gasteiger charge is 2.26. The first-order valence-electron chi connectivity index (χ1n) is 10.4. The van der Waals surface area contributed by atoms with E-state index in [2.05, 4.69) is 64.7 Å². The number of rotatable bonds is 8. The van der Waals surface area contributed by atoms with Crippen LogP contribution >= 0.6 is 0 Å². The fourth-order valence-electron chi connectivity index (χ4n) is 3.39. The second-order valence-electron chi connectivity index (χ2n) is 9.72. The Morgan fingerprint density at radius 2 is 1.39 bits per heavy atom. The number of ether oxygens (including phenoxy) is 1. The van der Waals surface area contributed by atoms with Crippen molar-refractivity contribution in [2.45, 2.75) is 78.1 Å². The van der Waals surface area contributed by atoms with Crippen molar-refractivity contribution in [2.75, 3.05) is 13.2 Å². The lowest BCUT2D eigenvalue weighted by atomic mass is 9.78. The van der Waals surface area contributed by atoms with Gasteiger partial charge in [-0.15, -0.1) is 0 Å². The molecule has 1 aromatic heterocycles. The molecule has 2 aromatic rings. The molecule has 0 atom stereocenters. The molecule has 2 rings (SSSR count). The Morgan fingerprint density at radius 1 is 0.857 bits per heavy atom. The van der Waals surface area contributed by atoms with Crippen LogP contribution in [0.2, 0.25) is 0 Å². The second-order valence-corrected chi connectivity index (χ2v) is 9.72. The van der Waals surface area contributed by atoms with Gasteiger partial charge in [-0.25, -0.2) is 0 Å². The maximum absolute atomic E-state index is 10.8. The van der Waals surface area contributed by atoms with Gasteiger partial charge in [0.25, 0.3) is 0 Å². The lowest BCUT2D eigenvalue weighted by Gasteiger charge is -2.28. The molecule has 0 aliphatic rings. The molecule has 0 saturated heterocycles. The highest BCUT2D eigenvalue weighted by atomic mass is 16.5. The SMILES string of the molecule is CC(C)(C)c1cc(CCCOCCCc2cccnc2)cc(C(C)(C)C)c1O.